The van der Waals surface area contributed by atoms with Crippen molar-refractivity contribution < 1.29 is 17.9 Å². The molecule has 162 valence electrons. The summed E-state index contributed by atoms with van der Waals surface area (Å²) in [6, 6.07) is 12.0. The molecule has 1 aliphatic heterocycles. The van der Waals surface area contributed by atoms with Crippen molar-refractivity contribution in [2.24, 2.45) is 5.92 Å². The quantitative estimate of drug-likeness (QED) is 0.671. The van der Waals surface area contributed by atoms with Crippen molar-refractivity contribution in [3.63, 3.8) is 0 Å². The number of anilines is 1. The summed E-state index contributed by atoms with van der Waals surface area (Å²) in [5.74, 6) is 1.13. The van der Waals surface area contributed by atoms with Gasteiger partial charge in [-0.3, -0.25) is 9.10 Å². The van der Waals surface area contributed by atoms with Crippen LogP contribution in [-0.4, -0.2) is 46.0 Å². The standard InChI is InChI=1S/C23H30N2O4S/c1-17-11-13-24(16-17)23(26)12-14-25(20-6-8-21(29-4)9-7-20)30(27,28)22-10-5-18(2)19(3)15-22/h5-10,15,17H,11-14,16H2,1-4H3. The molecule has 1 fully saturated rings. The van der Waals surface area contributed by atoms with Gasteiger partial charge in [0.15, 0.2) is 0 Å². The maximum Gasteiger partial charge on any atom is 0.264 e. The number of carbonyl (C=O) groups is 1. The molecule has 0 radical (unpaired) electrons. The van der Waals surface area contributed by atoms with Crippen LogP contribution in [0.15, 0.2) is 47.4 Å². The summed E-state index contributed by atoms with van der Waals surface area (Å²) in [7, 11) is -2.26. The zero-order valence-electron chi connectivity index (χ0n) is 18.1. The first-order chi connectivity index (χ1) is 14.2. The molecule has 1 heterocycles. The molecule has 30 heavy (non-hydrogen) atoms. The van der Waals surface area contributed by atoms with Gasteiger partial charge in [0.05, 0.1) is 17.7 Å². The summed E-state index contributed by atoms with van der Waals surface area (Å²) in [5.41, 5.74) is 2.45. The van der Waals surface area contributed by atoms with Crippen LogP contribution in [0, 0.1) is 19.8 Å². The van der Waals surface area contributed by atoms with Gasteiger partial charge >= 0.3 is 0 Å². The van der Waals surface area contributed by atoms with E-state index < -0.39 is 10.0 Å². The molecule has 7 heteroatoms. The third kappa shape index (κ3) is 4.78. The van der Waals surface area contributed by atoms with Crippen LogP contribution in [0.5, 0.6) is 5.75 Å². The van der Waals surface area contributed by atoms with Crippen LogP contribution in [-0.2, 0) is 14.8 Å². The molecule has 0 saturated carbocycles. The Kier molecular flexibility index (Phi) is 6.71. The first-order valence-corrected chi connectivity index (χ1v) is 11.7. The predicted octanol–water partition coefficient (Wildman–Crippen LogP) is 3.77. The van der Waals surface area contributed by atoms with Gasteiger partial charge in [0.1, 0.15) is 5.75 Å². The lowest BCUT2D eigenvalue weighted by atomic mass is 10.1. The fourth-order valence-electron chi connectivity index (χ4n) is 3.65. The monoisotopic (exact) mass is 430 g/mol. The van der Waals surface area contributed by atoms with E-state index in [0.717, 1.165) is 30.6 Å². The van der Waals surface area contributed by atoms with E-state index in [1.54, 1.807) is 43.5 Å². The van der Waals surface area contributed by atoms with Gasteiger partial charge in [-0.25, -0.2) is 8.42 Å². The number of likely N-dealkylation sites (tertiary alicyclic amines) is 1. The molecular formula is C23H30N2O4S. The number of rotatable bonds is 7. The Morgan fingerprint density at radius 3 is 2.40 bits per heavy atom. The number of ether oxygens (including phenoxy) is 1. The van der Waals surface area contributed by atoms with Crippen LogP contribution in [0.3, 0.4) is 0 Å². The highest BCUT2D eigenvalue weighted by molar-refractivity contribution is 7.92. The lowest BCUT2D eigenvalue weighted by Gasteiger charge is -2.26. The molecule has 0 N–H and O–H groups in total. The number of nitrogens with zero attached hydrogens (tertiary/aromatic N) is 2. The summed E-state index contributed by atoms with van der Waals surface area (Å²) < 4.78 is 33.5. The minimum atomic E-state index is -3.82. The zero-order valence-corrected chi connectivity index (χ0v) is 18.9. The van der Waals surface area contributed by atoms with Crippen LogP contribution in [0.1, 0.15) is 30.9 Å². The Balaban J connectivity index is 1.90. The molecule has 0 bridgehead atoms. The van der Waals surface area contributed by atoms with E-state index >= 15 is 0 Å². The van der Waals surface area contributed by atoms with Crippen molar-refractivity contribution >= 4 is 21.6 Å². The SMILES string of the molecule is COc1ccc(N(CCC(=O)N2CCC(C)C2)S(=O)(=O)c2ccc(C)c(C)c2)cc1. The Labute approximate surface area is 179 Å². The maximum absolute atomic E-state index is 13.5. The number of carbonyl (C=O) groups excluding carboxylic acids is 1. The van der Waals surface area contributed by atoms with Crippen LogP contribution in [0.2, 0.25) is 0 Å². The van der Waals surface area contributed by atoms with Crippen molar-refractivity contribution in [3.8, 4) is 5.75 Å². The number of aryl methyl sites for hydroxylation is 2. The average molecular weight is 431 g/mol. The van der Waals surface area contributed by atoms with E-state index in [1.807, 2.05) is 24.8 Å². The molecule has 2 aromatic rings. The number of methoxy groups -OCH3 is 1. The van der Waals surface area contributed by atoms with Crippen molar-refractivity contribution in [1.82, 2.24) is 4.90 Å². The van der Waals surface area contributed by atoms with Gasteiger partial charge in [0, 0.05) is 26.1 Å². The van der Waals surface area contributed by atoms with E-state index in [0.29, 0.717) is 17.4 Å². The van der Waals surface area contributed by atoms with E-state index in [9.17, 15) is 13.2 Å². The normalized spacial score (nSPS) is 16.5. The first-order valence-electron chi connectivity index (χ1n) is 10.2. The highest BCUT2D eigenvalue weighted by Crippen LogP contribution is 2.27. The fraction of sp³-hybridized carbons (Fsp3) is 0.435. The van der Waals surface area contributed by atoms with Gasteiger partial charge in [-0.05, 0) is 73.7 Å². The van der Waals surface area contributed by atoms with Gasteiger partial charge < -0.3 is 9.64 Å². The number of benzene rings is 2. The third-order valence-corrected chi connectivity index (χ3v) is 7.56. The summed E-state index contributed by atoms with van der Waals surface area (Å²) in [5, 5.41) is 0. The molecule has 6 nitrogen and oxygen atoms in total. The van der Waals surface area contributed by atoms with E-state index in [2.05, 4.69) is 6.92 Å². The van der Waals surface area contributed by atoms with Crippen LogP contribution in [0.4, 0.5) is 5.69 Å². The zero-order chi connectivity index (χ0) is 21.9. The van der Waals surface area contributed by atoms with Crippen molar-refractivity contribution in [2.75, 3.05) is 31.0 Å². The van der Waals surface area contributed by atoms with Crippen molar-refractivity contribution in [3.05, 3.63) is 53.6 Å². The average Bonchev–Trinajstić information content (AvgIpc) is 3.16. The Hall–Kier alpha value is -2.54. The maximum atomic E-state index is 13.5. The first kappa shape index (κ1) is 22.2. The van der Waals surface area contributed by atoms with Crippen LogP contribution < -0.4 is 9.04 Å². The number of hydrogen-bond donors (Lipinski definition) is 0. The second-order valence-electron chi connectivity index (χ2n) is 8.00. The highest BCUT2D eigenvalue weighted by Gasteiger charge is 2.28. The molecule has 0 aliphatic carbocycles. The molecule has 1 saturated heterocycles. The van der Waals surface area contributed by atoms with Gasteiger partial charge in [0.2, 0.25) is 5.91 Å². The summed E-state index contributed by atoms with van der Waals surface area (Å²) in [6.07, 6.45) is 1.14. The van der Waals surface area contributed by atoms with Gasteiger partial charge in [-0.15, -0.1) is 0 Å². The molecule has 1 aliphatic rings. The molecular weight excluding hydrogens is 400 g/mol. The van der Waals surface area contributed by atoms with Crippen LogP contribution >= 0.6 is 0 Å². The largest absolute Gasteiger partial charge is 0.497 e. The van der Waals surface area contributed by atoms with Gasteiger partial charge in [0.25, 0.3) is 10.0 Å². The summed E-state index contributed by atoms with van der Waals surface area (Å²) in [4.78, 5) is 14.7. The van der Waals surface area contributed by atoms with E-state index in [4.69, 9.17) is 4.74 Å². The topological polar surface area (TPSA) is 66.9 Å². The Morgan fingerprint density at radius 2 is 1.83 bits per heavy atom. The second-order valence-corrected chi connectivity index (χ2v) is 9.87. The minimum Gasteiger partial charge on any atom is -0.497 e. The molecule has 1 unspecified atom stereocenters. The Bertz CT molecular complexity index is 1000. The molecule has 0 spiro atoms. The lowest BCUT2D eigenvalue weighted by molar-refractivity contribution is -0.130. The smallest absolute Gasteiger partial charge is 0.264 e. The van der Waals surface area contributed by atoms with Crippen LogP contribution in [0.25, 0.3) is 0 Å². The van der Waals surface area contributed by atoms with Gasteiger partial charge in [-0.2, -0.15) is 0 Å². The Morgan fingerprint density at radius 1 is 1.13 bits per heavy atom. The predicted molar refractivity (Wildman–Crippen MR) is 118 cm³/mol. The van der Waals surface area contributed by atoms with Crippen molar-refractivity contribution in [2.45, 2.75) is 38.5 Å². The molecule has 3 rings (SSSR count). The number of sulfonamides is 1. The molecule has 1 amide bonds. The highest BCUT2D eigenvalue weighted by atomic mass is 32.2. The van der Waals surface area contributed by atoms with E-state index in [-0.39, 0.29) is 23.8 Å². The van der Waals surface area contributed by atoms with Gasteiger partial charge in [-0.1, -0.05) is 13.0 Å². The fourth-order valence-corrected chi connectivity index (χ4v) is 5.21. The third-order valence-electron chi connectivity index (χ3n) is 5.73. The molecule has 2 aromatic carbocycles. The number of hydrogen-bond acceptors (Lipinski definition) is 4. The minimum absolute atomic E-state index is 0.00634. The summed E-state index contributed by atoms with van der Waals surface area (Å²) in [6.45, 7) is 7.54. The molecule has 0 aromatic heterocycles. The summed E-state index contributed by atoms with van der Waals surface area (Å²) >= 11 is 0. The lowest BCUT2D eigenvalue weighted by Crippen LogP contribution is -2.36. The second kappa shape index (κ2) is 9.08. The van der Waals surface area contributed by atoms with Crippen molar-refractivity contribution in [1.29, 1.82) is 0 Å². The molecule has 1 atom stereocenters. The van der Waals surface area contributed by atoms with E-state index in [1.165, 1.54) is 4.31 Å². The number of amides is 1.